The fourth-order valence-electron chi connectivity index (χ4n) is 1.83. The van der Waals surface area contributed by atoms with Gasteiger partial charge >= 0.3 is 11.9 Å². The normalized spacial score (nSPS) is 10.0. The summed E-state index contributed by atoms with van der Waals surface area (Å²) in [5.74, 6) is -0.810. The predicted molar refractivity (Wildman–Crippen MR) is 78.5 cm³/mol. The van der Waals surface area contributed by atoms with Crippen molar-refractivity contribution in [2.45, 2.75) is 13.8 Å². The van der Waals surface area contributed by atoms with Gasteiger partial charge in [0.25, 0.3) is 0 Å². The van der Waals surface area contributed by atoms with E-state index >= 15 is 0 Å². The Morgan fingerprint density at radius 3 is 2.38 bits per heavy atom. The van der Waals surface area contributed by atoms with Crippen LogP contribution in [0.4, 0.5) is 0 Å². The van der Waals surface area contributed by atoms with Gasteiger partial charge in [0.15, 0.2) is 0 Å². The van der Waals surface area contributed by atoms with Gasteiger partial charge in [0, 0.05) is 0 Å². The number of aryl methyl sites for hydroxylation is 1. The lowest BCUT2D eigenvalue weighted by Gasteiger charge is -2.10. The third-order valence-electron chi connectivity index (χ3n) is 2.84. The molecule has 0 bridgehead atoms. The van der Waals surface area contributed by atoms with Gasteiger partial charge < -0.3 is 9.47 Å². The zero-order valence-electron chi connectivity index (χ0n) is 12.0. The van der Waals surface area contributed by atoms with Crippen LogP contribution in [0, 0.1) is 6.92 Å². The average Bonchev–Trinajstić information content (AvgIpc) is 2.50. The van der Waals surface area contributed by atoms with Gasteiger partial charge in [-0.15, -0.1) is 0 Å². The molecule has 0 N–H and O–H groups in total. The molecule has 0 amide bonds. The highest BCUT2D eigenvalue weighted by molar-refractivity contribution is 5.96. The average molecular weight is 284 g/mol. The maximum absolute atomic E-state index is 12.1. The summed E-state index contributed by atoms with van der Waals surface area (Å²) in [5, 5.41) is 0. The third-order valence-corrected chi connectivity index (χ3v) is 2.84. The molecule has 0 saturated heterocycles. The Morgan fingerprint density at radius 1 is 1.00 bits per heavy atom. The summed E-state index contributed by atoms with van der Waals surface area (Å²) in [6.07, 6.45) is 0. The highest BCUT2D eigenvalue weighted by Gasteiger charge is 2.17. The van der Waals surface area contributed by atoms with Gasteiger partial charge in [-0.1, -0.05) is 24.3 Å². The first-order chi connectivity index (χ1) is 10.1. The minimum atomic E-state index is -0.509. The van der Waals surface area contributed by atoms with E-state index in [0.29, 0.717) is 5.56 Å². The van der Waals surface area contributed by atoms with Crippen LogP contribution in [0.2, 0.25) is 0 Å². The fraction of sp³-hybridized carbons (Fsp3) is 0.176. The maximum Gasteiger partial charge on any atom is 0.343 e. The molecule has 0 atom stereocenters. The Bertz CT molecular complexity index is 647. The van der Waals surface area contributed by atoms with Crippen LogP contribution in [0.15, 0.2) is 48.5 Å². The molecular formula is C17H16O4. The number of carbonyl (C=O) groups excluding carboxylic acids is 2. The summed E-state index contributed by atoms with van der Waals surface area (Å²) >= 11 is 0. The van der Waals surface area contributed by atoms with Gasteiger partial charge in [-0.2, -0.15) is 0 Å². The number of rotatable bonds is 4. The SMILES string of the molecule is CCOC(=O)c1cc(C)ccc1OC(=O)c1ccccc1. The quantitative estimate of drug-likeness (QED) is 0.638. The number of hydrogen-bond donors (Lipinski definition) is 0. The van der Waals surface area contributed by atoms with Gasteiger partial charge in [0.05, 0.1) is 12.2 Å². The Morgan fingerprint density at radius 2 is 1.71 bits per heavy atom. The molecule has 21 heavy (non-hydrogen) atoms. The molecule has 0 aliphatic heterocycles. The molecule has 0 radical (unpaired) electrons. The van der Waals surface area contributed by atoms with E-state index in [4.69, 9.17) is 9.47 Å². The summed E-state index contributed by atoms with van der Waals surface area (Å²) in [5.41, 5.74) is 1.56. The molecule has 0 aliphatic carbocycles. The van der Waals surface area contributed by atoms with Crippen molar-refractivity contribution >= 4 is 11.9 Å². The van der Waals surface area contributed by atoms with E-state index in [-0.39, 0.29) is 17.9 Å². The molecule has 4 heteroatoms. The van der Waals surface area contributed by atoms with E-state index in [9.17, 15) is 9.59 Å². The van der Waals surface area contributed by atoms with E-state index in [2.05, 4.69) is 0 Å². The van der Waals surface area contributed by atoms with Crippen LogP contribution in [0.25, 0.3) is 0 Å². The van der Waals surface area contributed by atoms with E-state index in [0.717, 1.165) is 5.56 Å². The predicted octanol–water partition coefficient (Wildman–Crippen LogP) is 3.39. The van der Waals surface area contributed by atoms with Crippen molar-refractivity contribution in [3.8, 4) is 5.75 Å². The van der Waals surface area contributed by atoms with Crippen LogP contribution in [0.5, 0.6) is 5.75 Å². The summed E-state index contributed by atoms with van der Waals surface area (Å²) in [7, 11) is 0. The van der Waals surface area contributed by atoms with Crippen molar-refractivity contribution in [1.82, 2.24) is 0 Å². The number of hydrogen-bond acceptors (Lipinski definition) is 4. The smallest absolute Gasteiger partial charge is 0.343 e. The number of esters is 2. The molecule has 108 valence electrons. The number of benzene rings is 2. The highest BCUT2D eigenvalue weighted by atomic mass is 16.5. The Balaban J connectivity index is 2.27. The first-order valence-corrected chi connectivity index (χ1v) is 6.67. The zero-order chi connectivity index (χ0) is 15.2. The minimum Gasteiger partial charge on any atom is -0.462 e. The molecule has 0 fully saturated rings. The molecule has 4 nitrogen and oxygen atoms in total. The van der Waals surface area contributed by atoms with Crippen LogP contribution in [0.3, 0.4) is 0 Å². The lowest BCUT2D eigenvalue weighted by molar-refractivity contribution is 0.0520. The van der Waals surface area contributed by atoms with Gasteiger partial charge in [0.2, 0.25) is 0 Å². The first-order valence-electron chi connectivity index (χ1n) is 6.67. The molecule has 0 unspecified atom stereocenters. The topological polar surface area (TPSA) is 52.6 Å². The maximum atomic E-state index is 12.1. The van der Waals surface area contributed by atoms with Crippen LogP contribution in [-0.4, -0.2) is 18.5 Å². The molecule has 0 heterocycles. The van der Waals surface area contributed by atoms with E-state index in [1.54, 1.807) is 49.4 Å². The lowest BCUT2D eigenvalue weighted by atomic mass is 10.1. The lowest BCUT2D eigenvalue weighted by Crippen LogP contribution is -2.13. The second kappa shape index (κ2) is 6.70. The number of carbonyl (C=O) groups is 2. The van der Waals surface area contributed by atoms with Crippen LogP contribution >= 0.6 is 0 Å². The first kappa shape index (κ1) is 14.8. The standard InChI is InChI=1S/C17H16O4/c1-3-20-17(19)14-11-12(2)9-10-15(14)21-16(18)13-7-5-4-6-8-13/h4-11H,3H2,1-2H3. The van der Waals surface area contributed by atoms with Gasteiger partial charge in [-0.05, 0) is 43.7 Å². The zero-order valence-corrected chi connectivity index (χ0v) is 12.0. The van der Waals surface area contributed by atoms with Gasteiger partial charge in [-0.25, -0.2) is 9.59 Å². The van der Waals surface area contributed by atoms with Crippen LogP contribution in [-0.2, 0) is 4.74 Å². The van der Waals surface area contributed by atoms with Crippen LogP contribution < -0.4 is 4.74 Å². The van der Waals surface area contributed by atoms with E-state index in [1.807, 2.05) is 13.0 Å². The van der Waals surface area contributed by atoms with Crippen molar-refractivity contribution in [1.29, 1.82) is 0 Å². The van der Waals surface area contributed by atoms with Crippen molar-refractivity contribution in [2.75, 3.05) is 6.61 Å². The molecule has 2 aromatic rings. The minimum absolute atomic E-state index is 0.202. The van der Waals surface area contributed by atoms with Crippen molar-refractivity contribution in [3.05, 3.63) is 65.2 Å². The third kappa shape index (κ3) is 3.69. The van der Waals surface area contributed by atoms with Crippen molar-refractivity contribution in [2.24, 2.45) is 0 Å². The fourth-order valence-corrected chi connectivity index (χ4v) is 1.83. The van der Waals surface area contributed by atoms with Crippen molar-refractivity contribution < 1.29 is 19.1 Å². The van der Waals surface area contributed by atoms with E-state index in [1.165, 1.54) is 0 Å². The second-order valence-corrected chi connectivity index (χ2v) is 4.48. The Labute approximate surface area is 123 Å². The Kier molecular flexibility index (Phi) is 4.72. The molecule has 0 aliphatic rings. The molecule has 0 aromatic heterocycles. The number of ether oxygens (including phenoxy) is 2. The van der Waals surface area contributed by atoms with Gasteiger partial charge in [-0.3, -0.25) is 0 Å². The molecule has 2 rings (SSSR count). The van der Waals surface area contributed by atoms with Gasteiger partial charge in [0.1, 0.15) is 11.3 Å². The Hall–Kier alpha value is -2.62. The van der Waals surface area contributed by atoms with Crippen molar-refractivity contribution in [3.63, 3.8) is 0 Å². The highest BCUT2D eigenvalue weighted by Crippen LogP contribution is 2.22. The monoisotopic (exact) mass is 284 g/mol. The molecular weight excluding hydrogens is 268 g/mol. The summed E-state index contributed by atoms with van der Waals surface area (Å²) < 4.78 is 10.3. The molecule has 0 spiro atoms. The largest absolute Gasteiger partial charge is 0.462 e. The summed E-state index contributed by atoms with van der Waals surface area (Å²) in [6, 6.07) is 13.6. The van der Waals surface area contributed by atoms with Crippen LogP contribution in [0.1, 0.15) is 33.2 Å². The summed E-state index contributed by atoms with van der Waals surface area (Å²) in [4.78, 5) is 24.0. The molecule has 2 aromatic carbocycles. The summed E-state index contributed by atoms with van der Waals surface area (Å²) in [6.45, 7) is 3.84. The van der Waals surface area contributed by atoms with E-state index < -0.39 is 11.9 Å². The second-order valence-electron chi connectivity index (χ2n) is 4.48. The molecule has 0 saturated carbocycles.